The summed E-state index contributed by atoms with van der Waals surface area (Å²) < 4.78 is 5.04. The maximum Gasteiger partial charge on any atom is 0.355 e. The number of ether oxygens (including phenoxy) is 1. The van der Waals surface area contributed by atoms with Gasteiger partial charge in [-0.15, -0.1) is 6.58 Å². The summed E-state index contributed by atoms with van der Waals surface area (Å²) in [4.78, 5) is 42.8. The van der Waals surface area contributed by atoms with Crippen LogP contribution >= 0.6 is 11.6 Å². The summed E-state index contributed by atoms with van der Waals surface area (Å²) in [6.45, 7) is 10.9. The fourth-order valence-electron chi connectivity index (χ4n) is 3.19. The van der Waals surface area contributed by atoms with E-state index in [0.717, 1.165) is 0 Å². The molecule has 0 bridgehead atoms. The molecule has 0 aliphatic heterocycles. The summed E-state index contributed by atoms with van der Waals surface area (Å²) in [7, 11) is 0. The van der Waals surface area contributed by atoms with E-state index < -0.39 is 12.0 Å². The summed E-state index contributed by atoms with van der Waals surface area (Å²) in [5.41, 5.74) is 2.12. The van der Waals surface area contributed by atoms with Crippen LogP contribution in [-0.4, -0.2) is 46.7 Å². The van der Waals surface area contributed by atoms with E-state index in [4.69, 9.17) is 16.3 Å². The number of benzene rings is 1. The SMILES string of the molecule is C=CCN(C(=O)c1ccc(Cl)cc1)[C@H](C)C(=O)c1c(C)[nH]c(C(=O)OCC)c1C. The van der Waals surface area contributed by atoms with Crippen molar-refractivity contribution in [3.63, 3.8) is 0 Å². The van der Waals surface area contributed by atoms with Crippen molar-refractivity contribution in [3.8, 4) is 0 Å². The zero-order valence-corrected chi connectivity index (χ0v) is 17.8. The van der Waals surface area contributed by atoms with Crippen LogP contribution in [0.3, 0.4) is 0 Å². The summed E-state index contributed by atoms with van der Waals surface area (Å²) in [6.07, 6.45) is 1.57. The Morgan fingerprint density at radius 2 is 1.86 bits per heavy atom. The molecular weight excluding hydrogens is 392 g/mol. The predicted octanol–water partition coefficient (Wildman–Crippen LogP) is 4.36. The zero-order chi connectivity index (χ0) is 21.7. The van der Waals surface area contributed by atoms with Gasteiger partial charge >= 0.3 is 5.97 Å². The second kappa shape index (κ2) is 9.56. The topological polar surface area (TPSA) is 79.5 Å². The van der Waals surface area contributed by atoms with Gasteiger partial charge in [0.1, 0.15) is 5.69 Å². The molecule has 0 aliphatic carbocycles. The first-order valence-electron chi connectivity index (χ1n) is 9.30. The van der Waals surface area contributed by atoms with Crippen LogP contribution in [0.1, 0.15) is 56.3 Å². The van der Waals surface area contributed by atoms with Crippen molar-refractivity contribution in [2.24, 2.45) is 0 Å². The maximum absolute atomic E-state index is 13.3. The van der Waals surface area contributed by atoms with Crippen molar-refractivity contribution in [2.45, 2.75) is 33.7 Å². The van der Waals surface area contributed by atoms with Gasteiger partial charge in [0.2, 0.25) is 0 Å². The van der Waals surface area contributed by atoms with Gasteiger partial charge in [-0.1, -0.05) is 17.7 Å². The number of esters is 1. The Balaban J connectivity index is 2.37. The van der Waals surface area contributed by atoms with Gasteiger partial charge in [0.25, 0.3) is 5.91 Å². The zero-order valence-electron chi connectivity index (χ0n) is 17.0. The van der Waals surface area contributed by atoms with E-state index >= 15 is 0 Å². The molecule has 2 aromatic rings. The number of hydrogen-bond acceptors (Lipinski definition) is 4. The average Bonchev–Trinajstić information content (AvgIpc) is 2.99. The number of aromatic nitrogens is 1. The molecule has 7 heteroatoms. The lowest BCUT2D eigenvalue weighted by Crippen LogP contribution is -2.43. The molecule has 6 nitrogen and oxygen atoms in total. The van der Waals surface area contributed by atoms with E-state index in [2.05, 4.69) is 11.6 Å². The highest BCUT2D eigenvalue weighted by Gasteiger charge is 2.31. The number of aryl methyl sites for hydroxylation is 1. The van der Waals surface area contributed by atoms with Crippen molar-refractivity contribution in [1.29, 1.82) is 0 Å². The third kappa shape index (κ3) is 4.77. The number of H-pyrrole nitrogens is 1. The number of Topliss-reactive ketones (excluding diaryl/α,β-unsaturated/α-hetero) is 1. The molecular formula is C22H25ClN2O4. The van der Waals surface area contributed by atoms with E-state index in [-0.39, 0.29) is 30.5 Å². The molecule has 29 heavy (non-hydrogen) atoms. The Labute approximate surface area is 175 Å². The first-order valence-corrected chi connectivity index (χ1v) is 9.68. The van der Waals surface area contributed by atoms with Crippen molar-refractivity contribution in [2.75, 3.05) is 13.2 Å². The standard InChI is InChI=1S/C22H25ClN2O4/c1-6-12-25(21(27)16-8-10-17(23)11-9-16)15(5)20(26)18-13(3)19(24-14(18)4)22(28)29-7-2/h6,8-11,15,24H,1,7,12H2,2-5H3/t15-/m1/s1. The van der Waals surface area contributed by atoms with E-state index in [0.29, 0.717) is 27.4 Å². The molecule has 1 amide bonds. The smallest absolute Gasteiger partial charge is 0.355 e. The van der Waals surface area contributed by atoms with E-state index in [1.54, 1.807) is 58.0 Å². The van der Waals surface area contributed by atoms with Crippen molar-refractivity contribution in [1.82, 2.24) is 9.88 Å². The molecule has 0 saturated carbocycles. The number of aromatic amines is 1. The molecule has 0 radical (unpaired) electrons. The minimum absolute atomic E-state index is 0.196. The number of carbonyl (C=O) groups is 3. The minimum Gasteiger partial charge on any atom is -0.461 e. The largest absolute Gasteiger partial charge is 0.461 e. The Morgan fingerprint density at radius 1 is 1.24 bits per heavy atom. The highest BCUT2D eigenvalue weighted by molar-refractivity contribution is 6.30. The molecule has 1 atom stereocenters. The molecule has 0 aliphatic rings. The highest BCUT2D eigenvalue weighted by atomic mass is 35.5. The van der Waals surface area contributed by atoms with Gasteiger partial charge < -0.3 is 14.6 Å². The molecule has 1 aromatic carbocycles. The number of nitrogens with zero attached hydrogens (tertiary/aromatic N) is 1. The van der Waals surface area contributed by atoms with E-state index in [1.165, 1.54) is 4.90 Å². The Hall–Kier alpha value is -2.86. The number of halogens is 1. The summed E-state index contributed by atoms with van der Waals surface area (Å²) in [5, 5.41) is 0.519. The Bertz CT molecular complexity index is 931. The second-order valence-corrected chi connectivity index (χ2v) is 7.08. The first-order chi connectivity index (χ1) is 13.7. The molecule has 0 fully saturated rings. The minimum atomic E-state index is -0.764. The molecule has 1 N–H and O–H groups in total. The maximum atomic E-state index is 13.3. The Morgan fingerprint density at radius 3 is 2.41 bits per heavy atom. The number of ketones is 1. The van der Waals surface area contributed by atoms with Crippen molar-refractivity contribution in [3.05, 3.63) is 70.0 Å². The highest BCUT2D eigenvalue weighted by Crippen LogP contribution is 2.23. The average molecular weight is 417 g/mol. The number of amides is 1. The van der Waals surface area contributed by atoms with Crippen molar-refractivity contribution >= 4 is 29.3 Å². The lowest BCUT2D eigenvalue weighted by atomic mass is 9.99. The van der Waals surface area contributed by atoms with Gasteiger partial charge in [-0.25, -0.2) is 4.79 Å². The molecule has 1 heterocycles. The molecule has 154 valence electrons. The van der Waals surface area contributed by atoms with Crippen LogP contribution in [-0.2, 0) is 4.74 Å². The van der Waals surface area contributed by atoms with E-state index in [9.17, 15) is 14.4 Å². The number of nitrogens with one attached hydrogen (secondary N) is 1. The first kappa shape index (κ1) is 22.4. The fraction of sp³-hybridized carbons (Fsp3) is 0.318. The van der Waals surface area contributed by atoms with Crippen LogP contribution in [0, 0.1) is 13.8 Å². The number of rotatable bonds is 8. The Kier molecular flexibility index (Phi) is 7.40. The quantitative estimate of drug-likeness (QED) is 0.394. The molecule has 0 unspecified atom stereocenters. The van der Waals surface area contributed by atoms with Crippen LogP contribution in [0.15, 0.2) is 36.9 Å². The summed E-state index contributed by atoms with van der Waals surface area (Å²) in [5.74, 6) is -1.09. The molecule has 2 rings (SSSR count). The molecule has 1 aromatic heterocycles. The van der Waals surface area contributed by atoms with Crippen molar-refractivity contribution < 1.29 is 19.1 Å². The monoisotopic (exact) mass is 416 g/mol. The summed E-state index contributed by atoms with van der Waals surface area (Å²) >= 11 is 5.90. The number of hydrogen-bond donors (Lipinski definition) is 1. The molecule has 0 spiro atoms. The lowest BCUT2D eigenvalue weighted by molar-refractivity contribution is 0.0519. The van der Waals surface area contributed by atoms with Gasteiger partial charge in [0, 0.05) is 28.4 Å². The van der Waals surface area contributed by atoms with Crippen LogP contribution in [0.25, 0.3) is 0 Å². The van der Waals surface area contributed by atoms with Crippen LogP contribution in [0.4, 0.5) is 0 Å². The fourth-order valence-corrected chi connectivity index (χ4v) is 3.32. The van der Waals surface area contributed by atoms with Crippen LogP contribution in [0.5, 0.6) is 0 Å². The van der Waals surface area contributed by atoms with Gasteiger partial charge in [-0.3, -0.25) is 9.59 Å². The number of carbonyl (C=O) groups excluding carboxylic acids is 3. The third-order valence-electron chi connectivity index (χ3n) is 4.69. The van der Waals surface area contributed by atoms with Gasteiger partial charge in [0.15, 0.2) is 5.78 Å². The van der Waals surface area contributed by atoms with Gasteiger partial charge in [-0.2, -0.15) is 0 Å². The van der Waals surface area contributed by atoms with Gasteiger partial charge in [-0.05, 0) is 57.5 Å². The third-order valence-corrected chi connectivity index (χ3v) is 4.94. The van der Waals surface area contributed by atoms with Crippen LogP contribution < -0.4 is 0 Å². The van der Waals surface area contributed by atoms with E-state index in [1.807, 2.05) is 0 Å². The van der Waals surface area contributed by atoms with Crippen LogP contribution in [0.2, 0.25) is 5.02 Å². The summed E-state index contributed by atoms with van der Waals surface area (Å²) in [6, 6.07) is 5.71. The molecule has 0 saturated heterocycles. The second-order valence-electron chi connectivity index (χ2n) is 6.64. The lowest BCUT2D eigenvalue weighted by Gasteiger charge is -2.27. The predicted molar refractivity (Wildman–Crippen MR) is 113 cm³/mol. The van der Waals surface area contributed by atoms with Gasteiger partial charge in [0.05, 0.1) is 12.6 Å². The normalized spacial score (nSPS) is 11.6.